The zero-order chi connectivity index (χ0) is 21.8. The van der Waals surface area contributed by atoms with Crippen LogP contribution < -0.4 is 5.32 Å². The number of benzene rings is 1. The monoisotopic (exact) mass is 444 g/mol. The Morgan fingerprint density at radius 1 is 1.16 bits per heavy atom. The number of piperidine rings is 1. The van der Waals surface area contributed by atoms with E-state index < -0.39 is 11.8 Å². The van der Waals surface area contributed by atoms with Gasteiger partial charge in [0.15, 0.2) is 5.79 Å². The lowest BCUT2D eigenvalue weighted by atomic mass is 10.0. The molecule has 31 heavy (non-hydrogen) atoms. The first kappa shape index (κ1) is 22.0. The molecule has 166 valence electrons. The van der Waals surface area contributed by atoms with Crippen LogP contribution in [0.1, 0.15) is 35.7 Å². The molecule has 1 amide bonds. The quantitative estimate of drug-likeness (QED) is 0.685. The molecule has 0 aliphatic carbocycles. The van der Waals surface area contributed by atoms with Crippen LogP contribution in [0, 0.1) is 6.92 Å². The van der Waals surface area contributed by atoms with Crippen molar-refractivity contribution in [3.05, 3.63) is 41.5 Å². The number of amides is 1. The van der Waals surface area contributed by atoms with Gasteiger partial charge in [-0.3, -0.25) is 9.69 Å². The fourth-order valence-corrected chi connectivity index (χ4v) is 5.34. The Balaban J connectivity index is 1.47. The highest BCUT2D eigenvalue weighted by molar-refractivity contribution is 7.20. The van der Waals surface area contributed by atoms with Crippen molar-refractivity contribution in [3.63, 3.8) is 0 Å². The lowest BCUT2D eigenvalue weighted by Gasteiger charge is -2.37. The van der Waals surface area contributed by atoms with Crippen LogP contribution in [-0.2, 0) is 19.0 Å². The van der Waals surface area contributed by atoms with Gasteiger partial charge in [0.25, 0.3) is 0 Å². The van der Waals surface area contributed by atoms with Gasteiger partial charge in [-0.05, 0) is 25.0 Å². The van der Waals surface area contributed by atoms with Gasteiger partial charge in [0.05, 0.1) is 31.9 Å². The molecule has 0 radical (unpaired) electrons. The summed E-state index contributed by atoms with van der Waals surface area (Å²) in [7, 11) is 0. The first-order valence-electron chi connectivity index (χ1n) is 10.7. The zero-order valence-corrected chi connectivity index (χ0v) is 18.8. The average molecular weight is 445 g/mol. The summed E-state index contributed by atoms with van der Waals surface area (Å²) in [5.41, 5.74) is 2.26. The Hall–Kier alpha value is -2.26. The number of nitrogens with zero attached hydrogens (tertiary/aromatic N) is 1. The van der Waals surface area contributed by atoms with E-state index in [-0.39, 0.29) is 19.1 Å². The van der Waals surface area contributed by atoms with Gasteiger partial charge >= 0.3 is 5.97 Å². The van der Waals surface area contributed by atoms with Gasteiger partial charge in [0, 0.05) is 30.8 Å². The van der Waals surface area contributed by atoms with E-state index in [4.69, 9.17) is 14.2 Å². The van der Waals surface area contributed by atoms with E-state index in [9.17, 15) is 9.59 Å². The lowest BCUT2D eigenvalue weighted by molar-refractivity contribution is -0.185. The number of carbonyl (C=O) groups excluding carboxylic acids is 2. The lowest BCUT2D eigenvalue weighted by Crippen LogP contribution is -2.47. The Bertz CT molecular complexity index is 927. The predicted molar refractivity (Wildman–Crippen MR) is 119 cm³/mol. The molecule has 1 spiro atoms. The van der Waals surface area contributed by atoms with Crippen LogP contribution in [0.25, 0.3) is 10.4 Å². The third-order valence-electron chi connectivity index (χ3n) is 5.71. The molecular formula is C23H28N2O5S. The second-order valence-electron chi connectivity index (χ2n) is 7.78. The smallest absolute Gasteiger partial charge is 0.341 e. The SMILES string of the molecule is CCOC(=O)c1c(NC(=O)CN2CCC3(CC2)OCCO3)sc(-c2ccccc2)c1C. The van der Waals surface area contributed by atoms with Crippen molar-refractivity contribution < 1.29 is 23.8 Å². The largest absolute Gasteiger partial charge is 0.462 e. The highest BCUT2D eigenvalue weighted by Gasteiger charge is 2.40. The molecule has 0 bridgehead atoms. The van der Waals surface area contributed by atoms with Crippen LogP contribution in [0.4, 0.5) is 5.00 Å². The molecule has 0 unspecified atom stereocenters. The fraction of sp³-hybridized carbons (Fsp3) is 0.478. The number of rotatable bonds is 6. The van der Waals surface area contributed by atoms with Gasteiger partial charge in [0.2, 0.25) is 5.91 Å². The predicted octanol–water partition coefficient (Wildman–Crippen LogP) is 3.68. The molecule has 1 N–H and O–H groups in total. The third-order valence-corrected chi connectivity index (χ3v) is 6.97. The van der Waals surface area contributed by atoms with Crippen LogP contribution in [-0.4, -0.2) is 62.0 Å². The van der Waals surface area contributed by atoms with E-state index in [1.165, 1.54) is 11.3 Å². The first-order chi connectivity index (χ1) is 15.0. The minimum Gasteiger partial charge on any atom is -0.462 e. The highest BCUT2D eigenvalue weighted by Crippen LogP contribution is 2.40. The van der Waals surface area contributed by atoms with Gasteiger partial charge in [-0.1, -0.05) is 30.3 Å². The van der Waals surface area contributed by atoms with Crippen LogP contribution in [0.2, 0.25) is 0 Å². The molecule has 1 aromatic heterocycles. The summed E-state index contributed by atoms with van der Waals surface area (Å²) in [5, 5.41) is 3.50. The van der Waals surface area contributed by atoms with E-state index in [1.807, 2.05) is 37.3 Å². The Kier molecular flexibility index (Phi) is 6.71. The average Bonchev–Trinajstić information content (AvgIpc) is 3.35. The minimum atomic E-state index is -0.459. The van der Waals surface area contributed by atoms with E-state index in [0.717, 1.165) is 41.9 Å². The number of esters is 1. The first-order valence-corrected chi connectivity index (χ1v) is 11.5. The van der Waals surface area contributed by atoms with Crippen LogP contribution in [0.5, 0.6) is 0 Å². The summed E-state index contributed by atoms with van der Waals surface area (Å²) in [6, 6.07) is 9.85. The Morgan fingerprint density at radius 2 is 1.84 bits per heavy atom. The zero-order valence-electron chi connectivity index (χ0n) is 17.9. The molecule has 3 heterocycles. The molecule has 2 fully saturated rings. The Morgan fingerprint density at radius 3 is 2.48 bits per heavy atom. The van der Waals surface area contributed by atoms with Crippen molar-refractivity contribution in [1.29, 1.82) is 0 Å². The maximum atomic E-state index is 12.8. The van der Waals surface area contributed by atoms with Crippen molar-refractivity contribution in [2.24, 2.45) is 0 Å². The molecule has 2 saturated heterocycles. The third kappa shape index (κ3) is 4.82. The van der Waals surface area contributed by atoms with Crippen molar-refractivity contribution >= 4 is 28.2 Å². The van der Waals surface area contributed by atoms with Crippen molar-refractivity contribution in [3.8, 4) is 10.4 Å². The summed E-state index contributed by atoms with van der Waals surface area (Å²) in [6.07, 6.45) is 1.51. The number of anilines is 1. The maximum Gasteiger partial charge on any atom is 0.341 e. The van der Waals surface area contributed by atoms with E-state index in [2.05, 4.69) is 10.2 Å². The van der Waals surface area contributed by atoms with Crippen LogP contribution in [0.3, 0.4) is 0 Å². The molecule has 4 rings (SSSR count). The molecule has 0 saturated carbocycles. The second-order valence-corrected chi connectivity index (χ2v) is 8.80. The van der Waals surface area contributed by atoms with Crippen LogP contribution >= 0.6 is 11.3 Å². The van der Waals surface area contributed by atoms with Crippen molar-refractivity contribution in [2.75, 3.05) is 44.8 Å². The van der Waals surface area contributed by atoms with Gasteiger partial charge in [-0.25, -0.2) is 4.79 Å². The summed E-state index contributed by atoms with van der Waals surface area (Å²) in [5.74, 6) is -1.01. The Labute approximate surface area is 186 Å². The van der Waals surface area contributed by atoms with Crippen LogP contribution in [0.15, 0.2) is 30.3 Å². The molecule has 2 aromatic rings. The normalized spacial score (nSPS) is 18.3. The summed E-state index contributed by atoms with van der Waals surface area (Å²) < 4.78 is 16.8. The number of likely N-dealkylation sites (tertiary alicyclic amines) is 1. The van der Waals surface area contributed by atoms with E-state index in [1.54, 1.807) is 6.92 Å². The number of hydrogen-bond donors (Lipinski definition) is 1. The van der Waals surface area contributed by atoms with Gasteiger partial charge < -0.3 is 19.5 Å². The van der Waals surface area contributed by atoms with Gasteiger partial charge in [0.1, 0.15) is 5.00 Å². The number of carbonyl (C=O) groups is 2. The molecular weight excluding hydrogens is 416 g/mol. The van der Waals surface area contributed by atoms with Gasteiger partial charge in [-0.2, -0.15) is 0 Å². The number of thiophene rings is 1. The van der Waals surface area contributed by atoms with Crippen molar-refractivity contribution in [2.45, 2.75) is 32.5 Å². The molecule has 2 aliphatic rings. The minimum absolute atomic E-state index is 0.143. The second kappa shape index (κ2) is 9.48. The van der Waals surface area contributed by atoms with Gasteiger partial charge in [-0.15, -0.1) is 11.3 Å². The van der Waals surface area contributed by atoms with Crippen molar-refractivity contribution in [1.82, 2.24) is 4.90 Å². The molecule has 1 aromatic carbocycles. The topological polar surface area (TPSA) is 77.1 Å². The maximum absolute atomic E-state index is 12.8. The number of hydrogen-bond acceptors (Lipinski definition) is 7. The summed E-state index contributed by atoms with van der Waals surface area (Å²) in [6.45, 7) is 6.95. The standard InChI is InChI=1S/C23H28N2O5S/c1-3-28-22(27)19-16(2)20(17-7-5-4-6-8-17)31-21(19)24-18(26)15-25-11-9-23(10-12-25)29-13-14-30-23/h4-8H,3,9-15H2,1-2H3,(H,24,26). The number of ether oxygens (including phenoxy) is 3. The van der Waals surface area contributed by atoms with E-state index in [0.29, 0.717) is 23.8 Å². The van der Waals surface area contributed by atoms with E-state index >= 15 is 0 Å². The highest BCUT2D eigenvalue weighted by atomic mass is 32.1. The fourth-order valence-electron chi connectivity index (χ4n) is 4.12. The molecule has 7 nitrogen and oxygen atoms in total. The summed E-state index contributed by atoms with van der Waals surface area (Å²) >= 11 is 1.41. The molecule has 0 atom stereocenters. The number of nitrogens with one attached hydrogen (secondary N) is 1. The summed E-state index contributed by atoms with van der Waals surface area (Å²) in [4.78, 5) is 28.5. The molecule has 8 heteroatoms. The molecule has 2 aliphatic heterocycles.